The second-order valence-corrected chi connectivity index (χ2v) is 7.34. The molecule has 1 heterocycles. The van der Waals surface area contributed by atoms with E-state index in [4.69, 9.17) is 5.11 Å². The summed E-state index contributed by atoms with van der Waals surface area (Å²) in [5, 5.41) is 12.6. The zero-order valence-corrected chi connectivity index (χ0v) is 14.2. The third-order valence-electron chi connectivity index (χ3n) is 5.71. The van der Waals surface area contributed by atoms with Crippen molar-refractivity contribution in [2.24, 2.45) is 17.8 Å². The molecule has 0 aromatic heterocycles. The standard InChI is InChI=1S/C17H35N3O/c1-14(2)15-4-5-17(18-3)16(12-15)13-20-8-6-19(7-9-20)10-11-21/h14-18,21H,4-13H2,1-3H3. The predicted molar refractivity (Wildman–Crippen MR) is 88.5 cm³/mol. The van der Waals surface area contributed by atoms with Gasteiger partial charge < -0.3 is 15.3 Å². The fourth-order valence-electron chi connectivity index (χ4n) is 4.16. The number of aliphatic hydroxyl groups excluding tert-OH is 1. The van der Waals surface area contributed by atoms with Gasteiger partial charge in [-0.3, -0.25) is 4.90 Å². The molecule has 3 unspecified atom stereocenters. The monoisotopic (exact) mass is 297 g/mol. The summed E-state index contributed by atoms with van der Waals surface area (Å²) in [5.74, 6) is 2.54. The van der Waals surface area contributed by atoms with Crippen LogP contribution in [0.3, 0.4) is 0 Å². The van der Waals surface area contributed by atoms with E-state index in [2.05, 4.69) is 36.0 Å². The number of aliphatic hydroxyl groups is 1. The maximum absolute atomic E-state index is 9.03. The van der Waals surface area contributed by atoms with Crippen molar-refractivity contribution in [1.82, 2.24) is 15.1 Å². The minimum atomic E-state index is 0.292. The minimum absolute atomic E-state index is 0.292. The van der Waals surface area contributed by atoms with Gasteiger partial charge in [-0.2, -0.15) is 0 Å². The van der Waals surface area contributed by atoms with Gasteiger partial charge in [-0.25, -0.2) is 0 Å². The molecule has 21 heavy (non-hydrogen) atoms. The largest absolute Gasteiger partial charge is 0.395 e. The summed E-state index contributed by atoms with van der Waals surface area (Å²) < 4.78 is 0. The Bertz CT molecular complexity index is 290. The number of piperazine rings is 1. The van der Waals surface area contributed by atoms with Gasteiger partial charge in [-0.15, -0.1) is 0 Å². The van der Waals surface area contributed by atoms with E-state index in [0.717, 1.165) is 37.4 Å². The van der Waals surface area contributed by atoms with Crippen LogP contribution in [0, 0.1) is 17.8 Å². The molecular formula is C17H35N3O. The van der Waals surface area contributed by atoms with Gasteiger partial charge in [0.15, 0.2) is 0 Å². The molecule has 4 nitrogen and oxygen atoms in total. The lowest BCUT2D eigenvalue weighted by Gasteiger charge is -2.42. The van der Waals surface area contributed by atoms with Crippen LogP contribution in [0.2, 0.25) is 0 Å². The van der Waals surface area contributed by atoms with Crippen molar-refractivity contribution >= 4 is 0 Å². The average Bonchev–Trinajstić information content (AvgIpc) is 2.49. The Labute approximate surface area is 130 Å². The molecule has 2 fully saturated rings. The van der Waals surface area contributed by atoms with Gasteiger partial charge in [0.2, 0.25) is 0 Å². The third kappa shape index (κ3) is 4.92. The smallest absolute Gasteiger partial charge is 0.0558 e. The van der Waals surface area contributed by atoms with Crippen molar-refractivity contribution in [2.75, 3.05) is 52.9 Å². The van der Waals surface area contributed by atoms with Crippen LogP contribution in [0.5, 0.6) is 0 Å². The summed E-state index contributed by atoms with van der Waals surface area (Å²) in [6.07, 6.45) is 4.12. The summed E-state index contributed by atoms with van der Waals surface area (Å²) in [4.78, 5) is 5.02. The summed E-state index contributed by atoms with van der Waals surface area (Å²) in [6, 6.07) is 0.704. The van der Waals surface area contributed by atoms with E-state index < -0.39 is 0 Å². The van der Waals surface area contributed by atoms with Crippen molar-refractivity contribution in [3.63, 3.8) is 0 Å². The number of hydrogen-bond donors (Lipinski definition) is 2. The maximum atomic E-state index is 9.03. The molecule has 4 heteroatoms. The molecule has 0 radical (unpaired) electrons. The zero-order valence-electron chi connectivity index (χ0n) is 14.2. The van der Waals surface area contributed by atoms with E-state index in [1.807, 2.05) is 0 Å². The Hall–Kier alpha value is -0.160. The summed E-state index contributed by atoms with van der Waals surface area (Å²) in [6.45, 7) is 11.7. The quantitative estimate of drug-likeness (QED) is 0.774. The van der Waals surface area contributed by atoms with Crippen molar-refractivity contribution in [3.8, 4) is 0 Å². The molecule has 1 saturated carbocycles. The number of β-amino-alcohol motifs (C(OH)–C–C–N with tert-alkyl or cyclic N) is 1. The van der Waals surface area contributed by atoms with E-state index in [1.165, 1.54) is 38.9 Å². The lowest BCUT2D eigenvalue weighted by molar-refractivity contribution is 0.0757. The van der Waals surface area contributed by atoms with E-state index in [9.17, 15) is 0 Å². The Morgan fingerprint density at radius 2 is 1.76 bits per heavy atom. The average molecular weight is 297 g/mol. The summed E-state index contributed by atoms with van der Waals surface area (Å²) >= 11 is 0. The van der Waals surface area contributed by atoms with Crippen LogP contribution < -0.4 is 5.32 Å². The van der Waals surface area contributed by atoms with Crippen LogP contribution in [0.25, 0.3) is 0 Å². The highest BCUT2D eigenvalue weighted by atomic mass is 16.3. The Morgan fingerprint density at radius 1 is 1.10 bits per heavy atom. The van der Waals surface area contributed by atoms with Gasteiger partial charge in [0.25, 0.3) is 0 Å². The first-order valence-electron chi connectivity index (χ1n) is 8.86. The van der Waals surface area contributed by atoms with Crippen molar-refractivity contribution in [1.29, 1.82) is 0 Å². The van der Waals surface area contributed by atoms with Gasteiger partial charge in [0.05, 0.1) is 6.61 Å². The van der Waals surface area contributed by atoms with Gasteiger partial charge in [0.1, 0.15) is 0 Å². The second-order valence-electron chi connectivity index (χ2n) is 7.34. The van der Waals surface area contributed by atoms with Crippen LogP contribution in [0.15, 0.2) is 0 Å². The lowest BCUT2D eigenvalue weighted by Crippen LogP contribution is -2.51. The summed E-state index contributed by atoms with van der Waals surface area (Å²) in [7, 11) is 2.13. The highest BCUT2D eigenvalue weighted by Crippen LogP contribution is 2.34. The molecule has 0 spiro atoms. The fourth-order valence-corrected chi connectivity index (χ4v) is 4.16. The molecule has 0 aromatic rings. The molecule has 1 aliphatic carbocycles. The topological polar surface area (TPSA) is 38.7 Å². The number of nitrogens with zero attached hydrogens (tertiary/aromatic N) is 2. The highest BCUT2D eigenvalue weighted by Gasteiger charge is 2.32. The van der Waals surface area contributed by atoms with Crippen LogP contribution in [0.4, 0.5) is 0 Å². The van der Waals surface area contributed by atoms with Crippen molar-refractivity contribution < 1.29 is 5.11 Å². The molecule has 0 aromatic carbocycles. The van der Waals surface area contributed by atoms with Gasteiger partial charge >= 0.3 is 0 Å². The fraction of sp³-hybridized carbons (Fsp3) is 1.00. The lowest BCUT2D eigenvalue weighted by atomic mass is 9.73. The van der Waals surface area contributed by atoms with Gasteiger partial charge in [0, 0.05) is 45.3 Å². The van der Waals surface area contributed by atoms with E-state index in [1.54, 1.807) is 0 Å². The van der Waals surface area contributed by atoms with Crippen LogP contribution >= 0.6 is 0 Å². The van der Waals surface area contributed by atoms with Crippen LogP contribution in [-0.2, 0) is 0 Å². The van der Waals surface area contributed by atoms with Crippen molar-refractivity contribution in [3.05, 3.63) is 0 Å². The molecular weight excluding hydrogens is 262 g/mol. The maximum Gasteiger partial charge on any atom is 0.0558 e. The van der Waals surface area contributed by atoms with Crippen LogP contribution in [-0.4, -0.2) is 73.9 Å². The minimum Gasteiger partial charge on any atom is -0.395 e. The number of nitrogens with one attached hydrogen (secondary N) is 1. The highest BCUT2D eigenvalue weighted by molar-refractivity contribution is 4.87. The molecule has 124 valence electrons. The van der Waals surface area contributed by atoms with E-state index in [0.29, 0.717) is 12.6 Å². The Balaban J connectivity index is 1.82. The van der Waals surface area contributed by atoms with Gasteiger partial charge in [-0.1, -0.05) is 13.8 Å². The first-order chi connectivity index (χ1) is 10.1. The van der Waals surface area contributed by atoms with Crippen molar-refractivity contribution in [2.45, 2.75) is 39.2 Å². The molecule has 3 atom stereocenters. The first kappa shape index (κ1) is 17.2. The number of rotatable bonds is 6. The third-order valence-corrected chi connectivity index (χ3v) is 5.71. The predicted octanol–water partition coefficient (Wildman–Crippen LogP) is 1.26. The molecule has 0 bridgehead atoms. The Morgan fingerprint density at radius 3 is 2.33 bits per heavy atom. The molecule has 2 aliphatic rings. The number of hydrogen-bond acceptors (Lipinski definition) is 4. The molecule has 2 rings (SSSR count). The van der Waals surface area contributed by atoms with E-state index in [-0.39, 0.29) is 0 Å². The van der Waals surface area contributed by atoms with E-state index >= 15 is 0 Å². The van der Waals surface area contributed by atoms with Gasteiger partial charge in [-0.05, 0) is 44.1 Å². The molecule has 1 saturated heterocycles. The van der Waals surface area contributed by atoms with Crippen LogP contribution in [0.1, 0.15) is 33.1 Å². The Kier molecular flexibility index (Phi) is 6.93. The normalized spacial score (nSPS) is 32.7. The zero-order chi connectivity index (χ0) is 15.2. The second kappa shape index (κ2) is 8.47. The first-order valence-corrected chi connectivity index (χ1v) is 8.86. The summed E-state index contributed by atoms with van der Waals surface area (Å²) in [5.41, 5.74) is 0. The molecule has 0 amide bonds. The molecule has 1 aliphatic heterocycles. The molecule has 2 N–H and O–H groups in total. The SMILES string of the molecule is CNC1CCC(C(C)C)CC1CN1CCN(CCO)CC1.